The van der Waals surface area contributed by atoms with Crippen molar-refractivity contribution in [3.05, 3.63) is 53.8 Å². The van der Waals surface area contributed by atoms with Gasteiger partial charge in [-0.3, -0.25) is 4.90 Å². The van der Waals surface area contributed by atoms with Gasteiger partial charge in [-0.15, -0.1) is 0 Å². The van der Waals surface area contributed by atoms with E-state index in [1.807, 2.05) is 31.2 Å². The highest BCUT2D eigenvalue weighted by atomic mass is 19.1. The van der Waals surface area contributed by atoms with Gasteiger partial charge in [0.05, 0.1) is 5.69 Å². The van der Waals surface area contributed by atoms with Gasteiger partial charge in [0.25, 0.3) is 0 Å². The average Bonchev–Trinajstić information content (AvgIpc) is 3.01. The maximum atomic E-state index is 13.7. The van der Waals surface area contributed by atoms with Gasteiger partial charge in [-0.1, -0.05) is 23.8 Å². The molecule has 1 aliphatic rings. The van der Waals surface area contributed by atoms with Crippen molar-refractivity contribution < 1.29 is 14.3 Å². The van der Waals surface area contributed by atoms with E-state index >= 15 is 0 Å². The van der Waals surface area contributed by atoms with Crippen molar-refractivity contribution in [2.75, 3.05) is 25.0 Å². The van der Waals surface area contributed by atoms with Gasteiger partial charge in [-0.2, -0.15) is 0 Å². The molecule has 1 N–H and O–H groups in total. The topological polar surface area (TPSA) is 43.8 Å². The molecule has 4 nitrogen and oxygen atoms in total. The van der Waals surface area contributed by atoms with E-state index in [2.05, 4.69) is 11.9 Å². The zero-order valence-electron chi connectivity index (χ0n) is 15.3. The van der Waals surface area contributed by atoms with Crippen LogP contribution in [0.15, 0.2) is 42.5 Å². The molecule has 0 aromatic heterocycles. The number of carbonyl (C=O) groups is 1. The number of hydrogen-bond donors (Lipinski definition) is 1. The zero-order chi connectivity index (χ0) is 18.7. The first-order valence-corrected chi connectivity index (χ1v) is 9.03. The summed E-state index contributed by atoms with van der Waals surface area (Å²) < 4.78 is 13.7. The molecule has 0 bridgehead atoms. The van der Waals surface area contributed by atoms with Crippen LogP contribution in [0.1, 0.15) is 24.8 Å². The Labute approximate surface area is 153 Å². The van der Waals surface area contributed by atoms with Crippen LogP contribution in [0.4, 0.5) is 14.9 Å². The first-order valence-electron chi connectivity index (χ1n) is 9.03. The Morgan fingerprint density at radius 3 is 2.77 bits per heavy atom. The van der Waals surface area contributed by atoms with Gasteiger partial charge < -0.3 is 10.0 Å². The summed E-state index contributed by atoms with van der Waals surface area (Å²) in [6, 6.07) is 12.4. The summed E-state index contributed by atoms with van der Waals surface area (Å²) in [5.74, 6) is -0.329. The monoisotopic (exact) mass is 356 g/mol. The van der Waals surface area contributed by atoms with Crippen molar-refractivity contribution in [1.29, 1.82) is 0 Å². The molecule has 1 unspecified atom stereocenters. The highest BCUT2D eigenvalue weighted by molar-refractivity contribution is 5.93. The molecule has 3 rings (SSSR count). The smallest absolute Gasteiger partial charge is 0.411 e. The highest BCUT2D eigenvalue weighted by Crippen LogP contribution is 2.33. The van der Waals surface area contributed by atoms with E-state index in [1.54, 1.807) is 6.07 Å². The molecule has 1 aliphatic heterocycles. The van der Waals surface area contributed by atoms with Crippen LogP contribution in [0.2, 0.25) is 0 Å². The standard InChI is InChI=1S/C21H25FN2O2/c1-15-8-9-20(19(13-15)16-5-3-6-17(22)14-16)24(21(25)26)12-10-18-7-4-11-23(18)2/h3,5-6,8-9,13-14,18H,4,7,10-12H2,1-2H3,(H,25,26). The van der Waals surface area contributed by atoms with Crippen molar-refractivity contribution in [3.63, 3.8) is 0 Å². The van der Waals surface area contributed by atoms with Crippen LogP contribution < -0.4 is 4.90 Å². The fourth-order valence-corrected chi connectivity index (χ4v) is 3.71. The van der Waals surface area contributed by atoms with Crippen LogP contribution in [0.25, 0.3) is 11.1 Å². The second kappa shape index (κ2) is 7.87. The Kier molecular flexibility index (Phi) is 5.57. The summed E-state index contributed by atoms with van der Waals surface area (Å²) in [6.45, 7) is 3.44. The average molecular weight is 356 g/mol. The Hall–Kier alpha value is -2.40. The first kappa shape index (κ1) is 18.4. The van der Waals surface area contributed by atoms with E-state index in [9.17, 15) is 14.3 Å². The van der Waals surface area contributed by atoms with Crippen LogP contribution in [-0.4, -0.2) is 42.3 Å². The lowest BCUT2D eigenvalue weighted by atomic mass is 10.00. The van der Waals surface area contributed by atoms with Gasteiger partial charge in [0.15, 0.2) is 0 Å². The summed E-state index contributed by atoms with van der Waals surface area (Å²) in [6.07, 6.45) is 2.08. The number of likely N-dealkylation sites (tertiary alicyclic amines) is 1. The predicted molar refractivity (Wildman–Crippen MR) is 102 cm³/mol. The molecular weight excluding hydrogens is 331 g/mol. The molecule has 1 heterocycles. The number of rotatable bonds is 5. The third-order valence-corrected chi connectivity index (χ3v) is 5.17. The Bertz CT molecular complexity index is 793. The van der Waals surface area contributed by atoms with Gasteiger partial charge in [0.2, 0.25) is 0 Å². The van der Waals surface area contributed by atoms with Crippen molar-refractivity contribution >= 4 is 11.8 Å². The van der Waals surface area contributed by atoms with E-state index in [-0.39, 0.29) is 5.82 Å². The molecule has 2 aromatic carbocycles. The van der Waals surface area contributed by atoms with E-state index < -0.39 is 6.09 Å². The zero-order valence-corrected chi connectivity index (χ0v) is 15.3. The lowest BCUT2D eigenvalue weighted by Gasteiger charge is -2.26. The fraction of sp³-hybridized carbons (Fsp3) is 0.381. The largest absolute Gasteiger partial charge is 0.465 e. The molecule has 0 saturated carbocycles. The van der Waals surface area contributed by atoms with Gasteiger partial charge in [-0.05, 0) is 69.6 Å². The van der Waals surface area contributed by atoms with E-state index in [0.717, 1.165) is 36.9 Å². The van der Waals surface area contributed by atoms with Crippen LogP contribution in [0, 0.1) is 12.7 Å². The molecule has 26 heavy (non-hydrogen) atoms. The normalized spacial score (nSPS) is 17.4. The SMILES string of the molecule is Cc1ccc(N(CCC2CCCN2C)C(=O)O)c(-c2cccc(F)c2)c1. The molecule has 1 saturated heterocycles. The lowest BCUT2D eigenvalue weighted by molar-refractivity contribution is 0.200. The maximum Gasteiger partial charge on any atom is 0.411 e. The number of carboxylic acid groups (broad SMARTS) is 1. The molecule has 1 amide bonds. The molecule has 5 heteroatoms. The van der Waals surface area contributed by atoms with Crippen LogP contribution in [0.5, 0.6) is 0 Å². The molecule has 0 radical (unpaired) electrons. The van der Waals surface area contributed by atoms with Crippen molar-refractivity contribution in [1.82, 2.24) is 4.90 Å². The third-order valence-electron chi connectivity index (χ3n) is 5.17. The van der Waals surface area contributed by atoms with Crippen molar-refractivity contribution in [3.8, 4) is 11.1 Å². The van der Waals surface area contributed by atoms with Crippen LogP contribution in [-0.2, 0) is 0 Å². The minimum atomic E-state index is -0.979. The summed E-state index contributed by atoms with van der Waals surface area (Å²) in [7, 11) is 2.09. The van der Waals surface area contributed by atoms with E-state index in [4.69, 9.17) is 0 Å². The van der Waals surface area contributed by atoms with Gasteiger partial charge in [0, 0.05) is 18.2 Å². The second-order valence-electron chi connectivity index (χ2n) is 7.03. The Balaban J connectivity index is 1.92. The fourth-order valence-electron chi connectivity index (χ4n) is 3.71. The minimum Gasteiger partial charge on any atom is -0.465 e. The molecular formula is C21H25FN2O2. The van der Waals surface area contributed by atoms with Crippen LogP contribution >= 0.6 is 0 Å². The molecule has 0 aliphatic carbocycles. The Morgan fingerprint density at radius 2 is 2.12 bits per heavy atom. The summed E-state index contributed by atoms with van der Waals surface area (Å²) in [5.41, 5.74) is 3.04. The predicted octanol–water partition coefficient (Wildman–Crippen LogP) is 4.77. The number of benzene rings is 2. The highest BCUT2D eigenvalue weighted by Gasteiger charge is 2.24. The number of aryl methyl sites for hydroxylation is 1. The number of nitrogens with zero attached hydrogens (tertiary/aromatic N) is 2. The molecule has 138 valence electrons. The summed E-state index contributed by atoms with van der Waals surface area (Å²) in [5, 5.41) is 9.80. The van der Waals surface area contributed by atoms with Gasteiger partial charge >= 0.3 is 6.09 Å². The van der Waals surface area contributed by atoms with Crippen molar-refractivity contribution in [2.45, 2.75) is 32.2 Å². The number of halogens is 1. The van der Waals surface area contributed by atoms with Crippen molar-refractivity contribution in [2.24, 2.45) is 0 Å². The minimum absolute atomic E-state index is 0.329. The third kappa shape index (κ3) is 4.05. The number of hydrogen-bond acceptors (Lipinski definition) is 2. The molecule has 1 fully saturated rings. The molecule has 0 spiro atoms. The Morgan fingerprint density at radius 1 is 1.31 bits per heavy atom. The van der Waals surface area contributed by atoms with Gasteiger partial charge in [-0.25, -0.2) is 9.18 Å². The van der Waals surface area contributed by atoms with Crippen LogP contribution in [0.3, 0.4) is 0 Å². The van der Waals surface area contributed by atoms with E-state index in [1.165, 1.54) is 17.0 Å². The van der Waals surface area contributed by atoms with Gasteiger partial charge in [0.1, 0.15) is 5.82 Å². The second-order valence-corrected chi connectivity index (χ2v) is 7.03. The lowest BCUT2D eigenvalue weighted by Crippen LogP contribution is -2.35. The number of amides is 1. The number of anilines is 1. The first-order chi connectivity index (χ1) is 12.5. The molecule has 1 atom stereocenters. The molecule has 2 aromatic rings. The maximum absolute atomic E-state index is 13.7. The van der Waals surface area contributed by atoms with E-state index in [0.29, 0.717) is 23.8 Å². The summed E-state index contributed by atoms with van der Waals surface area (Å²) in [4.78, 5) is 15.6. The quantitative estimate of drug-likeness (QED) is 0.839. The summed E-state index contributed by atoms with van der Waals surface area (Å²) >= 11 is 0.